The Morgan fingerprint density at radius 1 is 1.00 bits per heavy atom. The van der Waals surface area contributed by atoms with Gasteiger partial charge in [-0.2, -0.15) is 0 Å². The summed E-state index contributed by atoms with van der Waals surface area (Å²) >= 11 is 0.988. The number of methoxy groups -OCH3 is 1. The Hall–Kier alpha value is -3.84. The van der Waals surface area contributed by atoms with E-state index < -0.39 is 5.97 Å². The highest BCUT2D eigenvalue weighted by molar-refractivity contribution is 8.16. The lowest BCUT2D eigenvalue weighted by atomic mass is 10.0. The van der Waals surface area contributed by atoms with Gasteiger partial charge >= 0.3 is 5.97 Å². The van der Waals surface area contributed by atoms with Crippen LogP contribution in [0.3, 0.4) is 0 Å². The molecule has 0 heterocycles. The summed E-state index contributed by atoms with van der Waals surface area (Å²) in [7, 11) is 1.58. The molecule has 168 valence electrons. The molecule has 0 bridgehead atoms. The number of aromatic carboxylic acids is 1. The minimum Gasteiger partial charge on any atom is -0.497 e. The molecule has 3 rings (SSSR count). The topological polar surface area (TPSA) is 83.9 Å². The molecule has 6 nitrogen and oxygen atoms in total. The Bertz CT molecular complexity index is 1170. The molecule has 1 N–H and O–H groups in total. The summed E-state index contributed by atoms with van der Waals surface area (Å²) in [6.07, 6.45) is 2.41. The van der Waals surface area contributed by atoms with Gasteiger partial charge in [0, 0.05) is 0 Å². The first-order valence-electron chi connectivity index (χ1n) is 10.1. The van der Waals surface area contributed by atoms with Crippen LogP contribution in [-0.4, -0.2) is 34.7 Å². The molecule has 0 spiro atoms. The minimum absolute atomic E-state index is 0.175. The Balaban J connectivity index is 1.69. The quantitative estimate of drug-likeness (QED) is 0.419. The largest absolute Gasteiger partial charge is 0.497 e. The maximum Gasteiger partial charge on any atom is 0.335 e. The monoisotopic (exact) mass is 461 g/mol. The van der Waals surface area contributed by atoms with Crippen molar-refractivity contribution in [1.82, 2.24) is 4.90 Å². The number of allylic oxidation sites excluding steroid dienone is 1. The fourth-order valence-corrected chi connectivity index (χ4v) is 3.84. The molecule has 33 heavy (non-hydrogen) atoms. The number of carbonyl (C=O) groups is 3. The molecular weight excluding hydrogens is 438 g/mol. The van der Waals surface area contributed by atoms with Crippen molar-refractivity contribution in [2.45, 2.75) is 13.5 Å². The second-order valence-corrected chi connectivity index (χ2v) is 8.41. The predicted octanol–water partition coefficient (Wildman–Crippen LogP) is 5.93. The van der Waals surface area contributed by atoms with E-state index >= 15 is 0 Å². The number of thioether (sulfide) groups is 1. The van der Waals surface area contributed by atoms with Crippen molar-refractivity contribution < 1.29 is 24.2 Å². The number of rotatable bonds is 8. The summed E-state index contributed by atoms with van der Waals surface area (Å²) in [6.45, 7) is 1.99. The Labute approximate surface area is 196 Å². The van der Waals surface area contributed by atoms with Crippen LogP contribution in [0, 0.1) is 0 Å². The normalized spacial score (nSPS) is 11.0. The summed E-state index contributed by atoms with van der Waals surface area (Å²) < 4.78 is 5.12. The van der Waals surface area contributed by atoms with Crippen molar-refractivity contribution in [1.29, 1.82) is 0 Å². The van der Waals surface area contributed by atoms with E-state index in [0.717, 1.165) is 43.8 Å². The highest BCUT2D eigenvalue weighted by atomic mass is 32.2. The number of amides is 2. The van der Waals surface area contributed by atoms with E-state index in [1.54, 1.807) is 43.5 Å². The van der Waals surface area contributed by atoms with E-state index in [9.17, 15) is 14.4 Å². The average Bonchev–Trinajstić information content (AvgIpc) is 2.83. The number of hydrogen-bond donors (Lipinski definition) is 1. The molecular formula is C26H23NO5S. The SMILES string of the molecule is COc1ccc(CN(C=O)C(=O)S/C(C)=C\c2cccc(-c3ccc(C(=O)O)cc3)c2)cc1. The van der Waals surface area contributed by atoms with Crippen molar-refractivity contribution >= 4 is 35.5 Å². The van der Waals surface area contributed by atoms with E-state index in [0.29, 0.717) is 12.2 Å². The van der Waals surface area contributed by atoms with Crippen molar-refractivity contribution in [2.24, 2.45) is 0 Å². The summed E-state index contributed by atoms with van der Waals surface area (Å²) in [5.74, 6) is -0.261. The molecule has 0 aliphatic heterocycles. The maximum absolute atomic E-state index is 12.6. The van der Waals surface area contributed by atoms with Gasteiger partial charge < -0.3 is 9.84 Å². The molecule has 0 radical (unpaired) electrons. The lowest BCUT2D eigenvalue weighted by Gasteiger charge is -2.15. The molecule has 0 atom stereocenters. The van der Waals surface area contributed by atoms with E-state index in [1.165, 1.54) is 0 Å². The number of carbonyl (C=O) groups excluding carboxylic acids is 2. The third-order valence-corrected chi connectivity index (χ3v) is 5.69. The van der Waals surface area contributed by atoms with Crippen LogP contribution in [0.1, 0.15) is 28.4 Å². The van der Waals surface area contributed by atoms with Crippen molar-refractivity contribution in [3.63, 3.8) is 0 Å². The third kappa shape index (κ3) is 6.57. The van der Waals surface area contributed by atoms with Gasteiger partial charge in [0.05, 0.1) is 19.2 Å². The molecule has 0 aliphatic rings. The highest BCUT2D eigenvalue weighted by Gasteiger charge is 2.15. The summed E-state index contributed by atoms with van der Waals surface area (Å²) in [6, 6.07) is 21.5. The first-order chi connectivity index (χ1) is 15.9. The number of ether oxygens (including phenoxy) is 1. The van der Waals surface area contributed by atoms with Gasteiger partial charge in [0.25, 0.3) is 5.24 Å². The molecule has 0 unspecified atom stereocenters. The van der Waals surface area contributed by atoms with Crippen molar-refractivity contribution in [3.05, 3.63) is 94.4 Å². The number of benzene rings is 3. The molecule has 3 aromatic carbocycles. The van der Waals surface area contributed by atoms with Gasteiger partial charge in [-0.15, -0.1) is 0 Å². The van der Waals surface area contributed by atoms with Gasteiger partial charge in [0.15, 0.2) is 0 Å². The van der Waals surface area contributed by atoms with Gasteiger partial charge in [-0.1, -0.05) is 42.5 Å². The second-order valence-electron chi connectivity index (χ2n) is 7.21. The van der Waals surface area contributed by atoms with Crippen LogP contribution in [-0.2, 0) is 11.3 Å². The van der Waals surface area contributed by atoms with Crippen LogP contribution in [0.15, 0.2) is 77.7 Å². The van der Waals surface area contributed by atoms with Crippen LogP contribution in [0.4, 0.5) is 4.79 Å². The predicted molar refractivity (Wildman–Crippen MR) is 130 cm³/mol. The second kappa shape index (κ2) is 11.2. The van der Waals surface area contributed by atoms with Crippen molar-refractivity contribution in [3.8, 4) is 16.9 Å². The summed E-state index contributed by atoms with van der Waals surface area (Å²) in [5, 5.41) is 8.69. The molecule has 0 saturated carbocycles. The number of hydrogen-bond acceptors (Lipinski definition) is 5. The molecule has 3 aromatic rings. The van der Waals surface area contributed by atoms with Crippen LogP contribution < -0.4 is 4.74 Å². The van der Waals surface area contributed by atoms with Gasteiger partial charge in [-0.05, 0) is 82.3 Å². The van der Waals surface area contributed by atoms with E-state index in [4.69, 9.17) is 9.84 Å². The maximum atomic E-state index is 12.6. The first kappa shape index (κ1) is 23.8. The number of imide groups is 1. The first-order valence-corrected chi connectivity index (χ1v) is 10.9. The van der Waals surface area contributed by atoms with Gasteiger partial charge in [0.2, 0.25) is 6.41 Å². The number of carboxylic acids is 1. The van der Waals surface area contributed by atoms with Crippen LogP contribution in [0.25, 0.3) is 17.2 Å². The highest BCUT2D eigenvalue weighted by Crippen LogP contribution is 2.26. The van der Waals surface area contributed by atoms with Gasteiger partial charge in [-0.25, -0.2) is 4.79 Å². The lowest BCUT2D eigenvalue weighted by Crippen LogP contribution is -2.25. The molecule has 0 aromatic heterocycles. The molecule has 2 amide bonds. The third-order valence-electron chi connectivity index (χ3n) is 4.84. The van der Waals surface area contributed by atoms with Crippen LogP contribution in [0.5, 0.6) is 5.75 Å². The Morgan fingerprint density at radius 2 is 1.70 bits per heavy atom. The lowest BCUT2D eigenvalue weighted by molar-refractivity contribution is -0.115. The molecule has 0 aliphatic carbocycles. The number of nitrogens with zero attached hydrogens (tertiary/aromatic N) is 1. The fraction of sp³-hybridized carbons (Fsp3) is 0.115. The minimum atomic E-state index is -0.966. The molecule has 0 saturated heterocycles. The molecule has 7 heteroatoms. The van der Waals surface area contributed by atoms with Crippen LogP contribution in [0.2, 0.25) is 0 Å². The van der Waals surface area contributed by atoms with Gasteiger partial charge in [0.1, 0.15) is 5.75 Å². The zero-order valence-corrected chi connectivity index (χ0v) is 19.0. The van der Waals surface area contributed by atoms with E-state index in [2.05, 4.69) is 0 Å². The smallest absolute Gasteiger partial charge is 0.335 e. The zero-order valence-electron chi connectivity index (χ0n) is 18.2. The Kier molecular flexibility index (Phi) is 8.05. The van der Waals surface area contributed by atoms with Gasteiger partial charge in [-0.3, -0.25) is 14.5 Å². The van der Waals surface area contributed by atoms with E-state index in [1.807, 2.05) is 49.4 Å². The fourth-order valence-electron chi connectivity index (χ4n) is 3.15. The average molecular weight is 462 g/mol. The summed E-state index contributed by atoms with van der Waals surface area (Å²) in [5.41, 5.74) is 3.76. The summed E-state index contributed by atoms with van der Waals surface area (Å²) in [4.78, 5) is 37.0. The van der Waals surface area contributed by atoms with Crippen LogP contribution >= 0.6 is 11.8 Å². The molecule has 0 fully saturated rings. The van der Waals surface area contributed by atoms with E-state index in [-0.39, 0.29) is 17.3 Å². The van der Waals surface area contributed by atoms with Crippen molar-refractivity contribution in [2.75, 3.05) is 7.11 Å². The number of carboxylic acid groups (broad SMARTS) is 1. The zero-order chi connectivity index (χ0) is 23.8. The standard InChI is InChI=1S/C26H23NO5S/c1-18(33-26(31)27(17-28)16-19-6-12-24(32-2)13-7-19)14-20-4-3-5-23(15-20)21-8-10-22(11-9-21)25(29)30/h3-15,17H,16H2,1-2H3,(H,29,30)/b18-14-. The Morgan fingerprint density at radius 3 is 2.30 bits per heavy atom.